The summed E-state index contributed by atoms with van der Waals surface area (Å²) < 4.78 is 11.1. The molecule has 0 radical (unpaired) electrons. The molecule has 2 aliphatic heterocycles. The molecule has 0 saturated heterocycles. The van der Waals surface area contributed by atoms with Gasteiger partial charge in [0.2, 0.25) is 0 Å². The van der Waals surface area contributed by atoms with Crippen LogP contribution in [0.5, 0.6) is 5.75 Å². The topological polar surface area (TPSA) is 50.8 Å². The zero-order valence-electron chi connectivity index (χ0n) is 18.5. The van der Waals surface area contributed by atoms with Gasteiger partial charge in [0, 0.05) is 30.9 Å². The van der Waals surface area contributed by atoms with Crippen molar-refractivity contribution in [1.82, 2.24) is 4.90 Å². The summed E-state index contributed by atoms with van der Waals surface area (Å²) in [5, 5.41) is 3.66. The van der Waals surface area contributed by atoms with Crippen LogP contribution >= 0.6 is 0 Å². The predicted molar refractivity (Wildman–Crippen MR) is 120 cm³/mol. The van der Waals surface area contributed by atoms with Gasteiger partial charge in [-0.15, -0.1) is 0 Å². The number of hydrogen-bond donors (Lipinski definition) is 1. The van der Waals surface area contributed by atoms with Crippen molar-refractivity contribution in [2.45, 2.75) is 52.1 Å². The second-order valence-electron chi connectivity index (χ2n) is 9.15. The Morgan fingerprint density at radius 2 is 1.87 bits per heavy atom. The Bertz CT molecular complexity index is 946. The van der Waals surface area contributed by atoms with E-state index < -0.39 is 5.60 Å². The third kappa shape index (κ3) is 4.25. The van der Waals surface area contributed by atoms with Crippen molar-refractivity contribution in [2.75, 3.05) is 32.1 Å². The van der Waals surface area contributed by atoms with Crippen LogP contribution in [-0.2, 0) is 24.0 Å². The van der Waals surface area contributed by atoms with Gasteiger partial charge in [-0.05, 0) is 80.8 Å². The Balaban J connectivity index is 1.74. The lowest BCUT2D eigenvalue weighted by Crippen LogP contribution is -2.38. The minimum atomic E-state index is -0.481. The van der Waals surface area contributed by atoms with Crippen LogP contribution in [0, 0.1) is 0 Å². The maximum absolute atomic E-state index is 12.7. The second-order valence-corrected chi connectivity index (χ2v) is 9.15. The normalized spacial score (nSPS) is 16.1. The first-order valence-corrected chi connectivity index (χ1v) is 10.9. The van der Waals surface area contributed by atoms with Crippen LogP contribution < -0.4 is 10.1 Å². The molecule has 1 N–H and O–H groups in total. The molecule has 2 heterocycles. The first-order chi connectivity index (χ1) is 14.4. The molecule has 160 valence electrons. The molecule has 0 unspecified atom stereocenters. The minimum Gasteiger partial charge on any atom is -0.497 e. The van der Waals surface area contributed by atoms with E-state index in [1.807, 2.05) is 37.8 Å². The molecule has 30 heavy (non-hydrogen) atoms. The summed E-state index contributed by atoms with van der Waals surface area (Å²) in [5.41, 5.74) is 7.27. The molecule has 2 aromatic rings. The van der Waals surface area contributed by atoms with Gasteiger partial charge in [0.25, 0.3) is 0 Å². The van der Waals surface area contributed by atoms with Crippen molar-refractivity contribution < 1.29 is 14.3 Å². The molecule has 0 aliphatic carbocycles. The standard InChI is InChI=1S/C25H32N2O3/c1-25(2,3)30-24(28)27-13-10-17-15-19-8-6-12-26-23(19)22(21(17)11-14-27)18-7-5-9-20(16-18)29-4/h5,7,9,15-16,26H,6,8,10-14H2,1-4H3. The number of benzene rings is 2. The molecule has 4 rings (SSSR count). The summed E-state index contributed by atoms with van der Waals surface area (Å²) in [5.74, 6) is 0.860. The van der Waals surface area contributed by atoms with E-state index in [4.69, 9.17) is 9.47 Å². The van der Waals surface area contributed by atoms with Crippen molar-refractivity contribution in [1.29, 1.82) is 0 Å². The second kappa shape index (κ2) is 8.21. The lowest BCUT2D eigenvalue weighted by Gasteiger charge is -2.26. The first-order valence-electron chi connectivity index (χ1n) is 10.9. The minimum absolute atomic E-state index is 0.221. The van der Waals surface area contributed by atoms with Gasteiger partial charge < -0.3 is 19.7 Å². The number of fused-ring (bicyclic) bond motifs is 2. The maximum atomic E-state index is 12.7. The molecular weight excluding hydrogens is 376 g/mol. The number of ether oxygens (including phenoxy) is 2. The molecule has 5 nitrogen and oxygen atoms in total. The number of carbonyl (C=O) groups excluding carboxylic acids is 1. The number of nitrogens with zero attached hydrogens (tertiary/aromatic N) is 1. The Morgan fingerprint density at radius 3 is 2.63 bits per heavy atom. The number of rotatable bonds is 2. The zero-order valence-corrected chi connectivity index (χ0v) is 18.5. The van der Waals surface area contributed by atoms with E-state index in [2.05, 4.69) is 23.5 Å². The Morgan fingerprint density at radius 1 is 1.07 bits per heavy atom. The summed E-state index contributed by atoms with van der Waals surface area (Å²) >= 11 is 0. The highest BCUT2D eigenvalue weighted by Crippen LogP contribution is 2.41. The van der Waals surface area contributed by atoms with Crippen molar-refractivity contribution in [3.8, 4) is 16.9 Å². The van der Waals surface area contributed by atoms with E-state index in [0.717, 1.165) is 38.0 Å². The van der Waals surface area contributed by atoms with Crippen molar-refractivity contribution >= 4 is 11.8 Å². The number of anilines is 1. The summed E-state index contributed by atoms with van der Waals surface area (Å²) in [6.07, 6.45) is 3.67. The predicted octanol–water partition coefficient (Wildman–Crippen LogP) is 5.06. The number of methoxy groups -OCH3 is 1. The molecule has 2 aromatic carbocycles. The summed E-state index contributed by atoms with van der Waals surface area (Å²) in [4.78, 5) is 14.5. The lowest BCUT2D eigenvalue weighted by atomic mass is 9.86. The van der Waals surface area contributed by atoms with Crippen LogP contribution in [0.1, 0.15) is 43.9 Å². The summed E-state index contributed by atoms with van der Waals surface area (Å²) in [6.45, 7) is 8.09. The molecule has 2 aliphatic rings. The maximum Gasteiger partial charge on any atom is 0.410 e. The quantitative estimate of drug-likeness (QED) is 0.755. The van der Waals surface area contributed by atoms with Gasteiger partial charge in [-0.2, -0.15) is 0 Å². The molecule has 0 bridgehead atoms. The third-order valence-electron chi connectivity index (χ3n) is 5.83. The van der Waals surface area contributed by atoms with Gasteiger partial charge in [0.15, 0.2) is 0 Å². The highest BCUT2D eigenvalue weighted by atomic mass is 16.6. The monoisotopic (exact) mass is 408 g/mol. The van der Waals surface area contributed by atoms with E-state index >= 15 is 0 Å². The molecule has 0 atom stereocenters. The molecular formula is C25H32N2O3. The Hall–Kier alpha value is -2.69. The highest BCUT2D eigenvalue weighted by molar-refractivity contribution is 5.85. The van der Waals surface area contributed by atoms with Gasteiger partial charge in [-0.25, -0.2) is 4.79 Å². The third-order valence-corrected chi connectivity index (χ3v) is 5.83. The van der Waals surface area contributed by atoms with Crippen LogP contribution in [0.25, 0.3) is 11.1 Å². The number of aryl methyl sites for hydroxylation is 1. The fraction of sp³-hybridized carbons (Fsp3) is 0.480. The van der Waals surface area contributed by atoms with Gasteiger partial charge >= 0.3 is 6.09 Å². The highest BCUT2D eigenvalue weighted by Gasteiger charge is 2.27. The lowest BCUT2D eigenvalue weighted by molar-refractivity contribution is 0.0258. The number of carbonyl (C=O) groups is 1. The molecule has 0 aromatic heterocycles. The van der Waals surface area contributed by atoms with E-state index in [1.165, 1.54) is 33.5 Å². The van der Waals surface area contributed by atoms with Crippen LogP contribution in [-0.4, -0.2) is 43.3 Å². The van der Waals surface area contributed by atoms with Crippen LogP contribution in [0.2, 0.25) is 0 Å². The Kier molecular flexibility index (Phi) is 5.63. The molecule has 1 amide bonds. The van der Waals surface area contributed by atoms with Gasteiger partial charge in [-0.3, -0.25) is 0 Å². The van der Waals surface area contributed by atoms with Crippen LogP contribution in [0.4, 0.5) is 10.5 Å². The van der Waals surface area contributed by atoms with Crippen molar-refractivity contribution in [3.63, 3.8) is 0 Å². The summed E-state index contributed by atoms with van der Waals surface area (Å²) in [7, 11) is 1.71. The van der Waals surface area contributed by atoms with Crippen LogP contribution in [0.3, 0.4) is 0 Å². The SMILES string of the molecule is COc1cccc(-c2c3c(cc4c2NCCC4)CCN(C(=O)OC(C)(C)C)CC3)c1. The molecule has 0 fully saturated rings. The molecule has 0 saturated carbocycles. The average molecular weight is 409 g/mol. The van der Waals surface area contributed by atoms with E-state index in [9.17, 15) is 4.79 Å². The molecule has 0 spiro atoms. The number of amides is 1. The smallest absolute Gasteiger partial charge is 0.410 e. The van der Waals surface area contributed by atoms with Crippen molar-refractivity contribution in [2.24, 2.45) is 0 Å². The molecule has 5 heteroatoms. The van der Waals surface area contributed by atoms with Gasteiger partial charge in [0.05, 0.1) is 7.11 Å². The summed E-state index contributed by atoms with van der Waals surface area (Å²) in [6, 6.07) is 10.7. The Labute approximate surface area is 179 Å². The average Bonchev–Trinajstić information content (AvgIpc) is 2.93. The first kappa shape index (κ1) is 20.6. The number of nitrogens with one attached hydrogen (secondary N) is 1. The van der Waals surface area contributed by atoms with Crippen LogP contribution in [0.15, 0.2) is 30.3 Å². The fourth-order valence-electron chi connectivity index (χ4n) is 4.46. The van der Waals surface area contributed by atoms with E-state index in [1.54, 1.807) is 7.11 Å². The van der Waals surface area contributed by atoms with Gasteiger partial charge in [0.1, 0.15) is 11.4 Å². The van der Waals surface area contributed by atoms with E-state index in [0.29, 0.717) is 13.1 Å². The number of hydrogen-bond acceptors (Lipinski definition) is 4. The largest absolute Gasteiger partial charge is 0.497 e. The van der Waals surface area contributed by atoms with E-state index in [-0.39, 0.29) is 6.09 Å². The zero-order chi connectivity index (χ0) is 21.3. The van der Waals surface area contributed by atoms with Gasteiger partial charge in [-0.1, -0.05) is 18.2 Å². The van der Waals surface area contributed by atoms with Crippen molar-refractivity contribution in [3.05, 3.63) is 47.0 Å². The fourth-order valence-corrected chi connectivity index (χ4v) is 4.46.